The van der Waals surface area contributed by atoms with Gasteiger partial charge in [0.2, 0.25) is 10.0 Å². The van der Waals surface area contributed by atoms with Crippen molar-refractivity contribution in [2.45, 2.75) is 23.6 Å². The van der Waals surface area contributed by atoms with Crippen LogP contribution in [-0.4, -0.2) is 56.8 Å². The maximum atomic E-state index is 13.2. The second kappa shape index (κ2) is 8.14. The van der Waals surface area contributed by atoms with E-state index in [4.69, 9.17) is 4.74 Å². The molecule has 3 rings (SSSR count). The molecule has 6 nitrogen and oxygen atoms in total. The minimum Gasteiger partial charge on any atom is -0.495 e. The predicted octanol–water partition coefficient (Wildman–Crippen LogP) is 2.75. The summed E-state index contributed by atoms with van der Waals surface area (Å²) in [4.78, 5) is 15.2. The number of methoxy groups -OCH3 is 1. The van der Waals surface area contributed by atoms with Crippen molar-refractivity contribution in [2.75, 3.05) is 33.3 Å². The van der Waals surface area contributed by atoms with Crippen molar-refractivity contribution < 1.29 is 17.9 Å². The number of hydrogen-bond donors (Lipinski definition) is 1. The molecule has 2 aromatic carbocycles. The molecule has 0 aliphatic carbocycles. The number of aryl methyl sites for hydroxylation is 2. The van der Waals surface area contributed by atoms with Gasteiger partial charge < -0.3 is 9.64 Å². The van der Waals surface area contributed by atoms with Crippen LogP contribution in [0.1, 0.15) is 21.5 Å². The van der Waals surface area contributed by atoms with Crippen LogP contribution in [0.15, 0.2) is 46.2 Å². The van der Waals surface area contributed by atoms with E-state index < -0.39 is 10.0 Å². The SMILES string of the molecule is COc1cc(C)c(C)cc1S(=O)(=O)N1CCN(C(=O)c2ccccc2S)CC1. The molecule has 0 unspecified atom stereocenters. The van der Waals surface area contributed by atoms with E-state index in [1.807, 2.05) is 19.9 Å². The van der Waals surface area contributed by atoms with Crippen LogP contribution in [0.4, 0.5) is 0 Å². The molecule has 0 aromatic heterocycles. The van der Waals surface area contributed by atoms with E-state index in [1.54, 1.807) is 35.2 Å². The third kappa shape index (κ3) is 3.90. The highest BCUT2D eigenvalue weighted by Gasteiger charge is 2.33. The molecule has 1 heterocycles. The normalized spacial score (nSPS) is 15.5. The molecule has 1 saturated heterocycles. The summed E-state index contributed by atoms with van der Waals surface area (Å²) in [5.74, 6) is 0.206. The summed E-state index contributed by atoms with van der Waals surface area (Å²) < 4.78 is 33.0. The molecule has 8 heteroatoms. The average molecular weight is 421 g/mol. The number of thiol groups is 1. The van der Waals surface area contributed by atoms with E-state index >= 15 is 0 Å². The summed E-state index contributed by atoms with van der Waals surface area (Å²) >= 11 is 4.34. The highest BCUT2D eigenvalue weighted by molar-refractivity contribution is 7.89. The Morgan fingerprint density at radius 1 is 1.04 bits per heavy atom. The van der Waals surface area contributed by atoms with Gasteiger partial charge in [-0.1, -0.05) is 12.1 Å². The number of carbonyl (C=O) groups is 1. The molecule has 1 aliphatic rings. The van der Waals surface area contributed by atoms with Gasteiger partial charge >= 0.3 is 0 Å². The Hall–Kier alpha value is -2.03. The first-order valence-corrected chi connectivity index (χ1v) is 10.9. The van der Waals surface area contributed by atoms with Gasteiger partial charge in [-0.05, 0) is 49.2 Å². The van der Waals surface area contributed by atoms with Gasteiger partial charge in [0.25, 0.3) is 5.91 Å². The van der Waals surface area contributed by atoms with Gasteiger partial charge in [0.1, 0.15) is 10.6 Å². The van der Waals surface area contributed by atoms with Crippen molar-refractivity contribution in [3.63, 3.8) is 0 Å². The first-order chi connectivity index (χ1) is 13.3. The maximum absolute atomic E-state index is 13.2. The molecule has 0 saturated carbocycles. The van der Waals surface area contributed by atoms with E-state index in [0.717, 1.165) is 11.1 Å². The van der Waals surface area contributed by atoms with E-state index in [9.17, 15) is 13.2 Å². The fourth-order valence-electron chi connectivity index (χ4n) is 3.22. The Bertz CT molecular complexity index is 997. The van der Waals surface area contributed by atoms with Crippen LogP contribution in [0.2, 0.25) is 0 Å². The summed E-state index contributed by atoms with van der Waals surface area (Å²) in [5, 5.41) is 0. The molecule has 1 aliphatic heterocycles. The molecule has 28 heavy (non-hydrogen) atoms. The molecule has 0 N–H and O–H groups in total. The average Bonchev–Trinajstić information content (AvgIpc) is 2.69. The molecule has 0 spiro atoms. The van der Waals surface area contributed by atoms with Gasteiger partial charge in [-0.3, -0.25) is 4.79 Å². The van der Waals surface area contributed by atoms with Crippen molar-refractivity contribution in [3.8, 4) is 5.75 Å². The van der Waals surface area contributed by atoms with Crippen molar-refractivity contribution in [2.24, 2.45) is 0 Å². The van der Waals surface area contributed by atoms with Gasteiger partial charge in [0, 0.05) is 31.1 Å². The lowest BCUT2D eigenvalue weighted by Gasteiger charge is -2.34. The summed E-state index contributed by atoms with van der Waals surface area (Å²) in [7, 11) is -2.24. The Kier molecular flexibility index (Phi) is 6.02. The van der Waals surface area contributed by atoms with Crippen LogP contribution in [0.5, 0.6) is 5.75 Å². The Labute approximate surface area is 171 Å². The Balaban J connectivity index is 1.79. The molecule has 2 aromatic rings. The Morgan fingerprint density at radius 2 is 1.64 bits per heavy atom. The van der Waals surface area contributed by atoms with E-state index in [-0.39, 0.29) is 23.9 Å². The number of piperazine rings is 1. The highest BCUT2D eigenvalue weighted by atomic mass is 32.2. The standard InChI is InChI=1S/C20H24N2O4S2/c1-14-12-17(26-3)19(13-15(14)2)28(24,25)22-10-8-21(9-11-22)20(23)16-6-4-5-7-18(16)27/h4-7,12-13,27H,8-11H2,1-3H3. The third-order valence-electron chi connectivity index (χ3n) is 5.06. The van der Waals surface area contributed by atoms with E-state index in [0.29, 0.717) is 29.3 Å². The van der Waals surface area contributed by atoms with Gasteiger partial charge in [-0.2, -0.15) is 4.31 Å². The second-order valence-electron chi connectivity index (χ2n) is 6.80. The van der Waals surface area contributed by atoms with Gasteiger partial charge in [-0.25, -0.2) is 8.42 Å². The van der Waals surface area contributed by atoms with Crippen molar-refractivity contribution in [1.29, 1.82) is 0 Å². The molecule has 1 amide bonds. The predicted molar refractivity (Wildman–Crippen MR) is 111 cm³/mol. The number of nitrogens with zero attached hydrogens (tertiary/aromatic N) is 2. The number of rotatable bonds is 4. The van der Waals surface area contributed by atoms with E-state index in [2.05, 4.69) is 12.6 Å². The third-order valence-corrected chi connectivity index (χ3v) is 7.37. The fourth-order valence-corrected chi connectivity index (χ4v) is 5.12. The van der Waals surface area contributed by atoms with Crippen LogP contribution in [0.25, 0.3) is 0 Å². The van der Waals surface area contributed by atoms with Gasteiger partial charge in [-0.15, -0.1) is 12.6 Å². The highest BCUT2D eigenvalue weighted by Crippen LogP contribution is 2.30. The van der Waals surface area contributed by atoms with Crippen LogP contribution >= 0.6 is 12.6 Å². The number of sulfonamides is 1. The minimum atomic E-state index is -3.71. The van der Waals surface area contributed by atoms with Crippen LogP contribution < -0.4 is 4.74 Å². The monoisotopic (exact) mass is 420 g/mol. The topological polar surface area (TPSA) is 66.9 Å². The summed E-state index contributed by atoms with van der Waals surface area (Å²) in [6.07, 6.45) is 0. The molecule has 150 valence electrons. The second-order valence-corrected chi connectivity index (χ2v) is 9.19. The smallest absolute Gasteiger partial charge is 0.255 e. The first-order valence-electron chi connectivity index (χ1n) is 8.98. The largest absolute Gasteiger partial charge is 0.495 e. The lowest BCUT2D eigenvalue weighted by molar-refractivity contribution is 0.0694. The quantitative estimate of drug-likeness (QED) is 0.773. The number of amides is 1. The molecule has 0 bridgehead atoms. The zero-order valence-electron chi connectivity index (χ0n) is 16.2. The molecular weight excluding hydrogens is 396 g/mol. The van der Waals surface area contributed by atoms with Crippen molar-refractivity contribution >= 4 is 28.6 Å². The van der Waals surface area contributed by atoms with Gasteiger partial charge in [0.15, 0.2) is 0 Å². The molecule has 0 atom stereocenters. The summed E-state index contributed by atoms with van der Waals surface area (Å²) in [5.41, 5.74) is 2.38. The van der Waals surface area contributed by atoms with Crippen LogP contribution in [0, 0.1) is 13.8 Å². The number of hydrogen-bond acceptors (Lipinski definition) is 5. The fraction of sp³-hybridized carbons (Fsp3) is 0.350. The number of carbonyl (C=O) groups excluding carboxylic acids is 1. The minimum absolute atomic E-state index is 0.133. The summed E-state index contributed by atoms with van der Waals surface area (Å²) in [6, 6.07) is 10.5. The van der Waals surface area contributed by atoms with Crippen LogP contribution in [-0.2, 0) is 10.0 Å². The molecule has 0 radical (unpaired) electrons. The van der Waals surface area contributed by atoms with E-state index in [1.165, 1.54) is 11.4 Å². The lowest BCUT2D eigenvalue weighted by atomic mass is 10.1. The Morgan fingerprint density at radius 3 is 2.25 bits per heavy atom. The zero-order chi connectivity index (χ0) is 20.5. The van der Waals surface area contributed by atoms with Crippen LogP contribution in [0.3, 0.4) is 0 Å². The first kappa shape index (κ1) is 20.7. The molecular formula is C20H24N2O4S2. The number of ether oxygens (including phenoxy) is 1. The maximum Gasteiger partial charge on any atom is 0.255 e. The lowest BCUT2D eigenvalue weighted by Crippen LogP contribution is -2.50. The van der Waals surface area contributed by atoms with Crippen molar-refractivity contribution in [3.05, 3.63) is 53.1 Å². The zero-order valence-corrected chi connectivity index (χ0v) is 17.9. The van der Waals surface area contributed by atoms with Gasteiger partial charge in [0.05, 0.1) is 12.7 Å². The summed E-state index contributed by atoms with van der Waals surface area (Å²) in [6.45, 7) is 4.91. The molecule has 1 fully saturated rings. The number of benzene rings is 2. The van der Waals surface area contributed by atoms with Crippen molar-refractivity contribution in [1.82, 2.24) is 9.21 Å².